The van der Waals surface area contributed by atoms with Crippen molar-refractivity contribution in [1.29, 1.82) is 5.41 Å². The maximum absolute atomic E-state index is 13.0. The molecule has 0 spiro atoms. The van der Waals surface area contributed by atoms with Gasteiger partial charge in [-0.25, -0.2) is 8.78 Å². The van der Waals surface area contributed by atoms with Gasteiger partial charge >= 0.3 is 0 Å². The highest BCUT2D eigenvalue weighted by molar-refractivity contribution is 6.30. The average molecular weight is 260 g/mol. The van der Waals surface area contributed by atoms with Crippen LogP contribution in [0.2, 0.25) is 5.02 Å². The van der Waals surface area contributed by atoms with Crippen LogP contribution in [0.15, 0.2) is 18.2 Å². The summed E-state index contributed by atoms with van der Waals surface area (Å²) >= 11 is 5.82. The molecule has 1 aliphatic heterocycles. The summed E-state index contributed by atoms with van der Waals surface area (Å²) in [6.45, 7) is 1.36. The molecule has 0 aliphatic carbocycles. The van der Waals surface area contributed by atoms with Crippen LogP contribution < -0.4 is 4.74 Å². The first-order valence-corrected chi connectivity index (χ1v) is 5.61. The van der Waals surface area contributed by atoms with E-state index >= 15 is 0 Å². The van der Waals surface area contributed by atoms with Gasteiger partial charge in [0.15, 0.2) is 5.60 Å². The first-order valence-electron chi connectivity index (χ1n) is 5.23. The molecule has 1 heterocycles. The van der Waals surface area contributed by atoms with Gasteiger partial charge in [0.05, 0.1) is 0 Å². The lowest BCUT2D eigenvalue weighted by atomic mass is 9.84. The Labute approximate surface area is 103 Å². The zero-order chi connectivity index (χ0) is 12.6. The van der Waals surface area contributed by atoms with Crippen molar-refractivity contribution in [3.05, 3.63) is 28.8 Å². The molecule has 0 amide bonds. The van der Waals surface area contributed by atoms with Crippen molar-refractivity contribution in [2.75, 3.05) is 0 Å². The Morgan fingerprint density at radius 2 is 2.29 bits per heavy atom. The van der Waals surface area contributed by atoms with E-state index in [4.69, 9.17) is 21.7 Å². The summed E-state index contributed by atoms with van der Waals surface area (Å²) in [6.07, 6.45) is -1.32. The third kappa shape index (κ3) is 2.14. The van der Waals surface area contributed by atoms with Crippen molar-refractivity contribution in [2.45, 2.75) is 31.3 Å². The summed E-state index contributed by atoms with van der Waals surface area (Å²) in [7, 11) is 0. The monoisotopic (exact) mass is 259 g/mol. The number of rotatable bonds is 2. The zero-order valence-corrected chi connectivity index (χ0v) is 9.97. The second-order valence-corrected chi connectivity index (χ2v) is 4.81. The quantitative estimate of drug-likeness (QED) is 0.804. The Bertz CT molecular complexity index is 452. The van der Waals surface area contributed by atoms with Crippen LogP contribution in [0.5, 0.6) is 5.75 Å². The van der Waals surface area contributed by atoms with Crippen LogP contribution in [0.1, 0.15) is 24.8 Å². The maximum Gasteiger partial charge on any atom is 0.277 e. The number of ether oxygens (including phenoxy) is 1. The van der Waals surface area contributed by atoms with Crippen molar-refractivity contribution in [2.24, 2.45) is 0 Å². The van der Waals surface area contributed by atoms with Gasteiger partial charge in [-0.3, -0.25) is 0 Å². The largest absolute Gasteiger partial charge is 0.481 e. The lowest BCUT2D eigenvalue weighted by Gasteiger charge is -2.38. The number of alkyl halides is 2. The van der Waals surface area contributed by atoms with Gasteiger partial charge in [-0.2, -0.15) is 0 Å². The molecule has 2 unspecified atom stereocenters. The predicted molar refractivity (Wildman–Crippen MR) is 62.6 cm³/mol. The Balaban J connectivity index is 2.47. The number of halogens is 3. The molecule has 2 rings (SSSR count). The molecule has 1 N–H and O–H groups in total. The number of hydrogen-bond acceptors (Lipinski definition) is 2. The Morgan fingerprint density at radius 3 is 2.88 bits per heavy atom. The fourth-order valence-corrected chi connectivity index (χ4v) is 2.19. The molecule has 0 radical (unpaired) electrons. The van der Waals surface area contributed by atoms with Crippen molar-refractivity contribution in [3.8, 4) is 5.75 Å². The molecule has 2 nitrogen and oxygen atoms in total. The van der Waals surface area contributed by atoms with Gasteiger partial charge in [-0.05, 0) is 19.1 Å². The zero-order valence-electron chi connectivity index (χ0n) is 9.21. The summed E-state index contributed by atoms with van der Waals surface area (Å²) in [4.78, 5) is 0. The molecule has 0 bridgehead atoms. The third-order valence-electron chi connectivity index (χ3n) is 3.01. The van der Waals surface area contributed by atoms with E-state index in [9.17, 15) is 8.78 Å². The molecular formula is C12H12ClF2NO. The molecule has 92 valence electrons. The molecule has 2 atom stereocenters. The predicted octanol–water partition coefficient (Wildman–Crippen LogP) is 3.88. The minimum absolute atomic E-state index is 0.1000. The van der Waals surface area contributed by atoms with Crippen molar-refractivity contribution >= 4 is 17.8 Å². The van der Waals surface area contributed by atoms with E-state index in [1.807, 2.05) is 0 Å². The van der Waals surface area contributed by atoms with Gasteiger partial charge in [0.25, 0.3) is 6.43 Å². The molecule has 5 heteroatoms. The molecule has 0 fully saturated rings. The highest BCUT2D eigenvalue weighted by Crippen LogP contribution is 2.43. The number of nitrogens with one attached hydrogen (secondary N) is 1. The average Bonchev–Trinajstić information content (AvgIpc) is 2.27. The van der Waals surface area contributed by atoms with Gasteiger partial charge in [0.2, 0.25) is 0 Å². The van der Waals surface area contributed by atoms with Crippen molar-refractivity contribution in [1.82, 2.24) is 0 Å². The minimum atomic E-state index is -2.60. The SMILES string of the molecule is CC1(C(F)F)CC(C=N)c2ccc(Cl)cc2O1. The molecule has 1 aromatic carbocycles. The van der Waals surface area contributed by atoms with E-state index in [1.54, 1.807) is 12.1 Å². The van der Waals surface area contributed by atoms with E-state index in [-0.39, 0.29) is 12.3 Å². The van der Waals surface area contributed by atoms with Gasteiger partial charge < -0.3 is 10.1 Å². The van der Waals surface area contributed by atoms with Crippen LogP contribution in [-0.2, 0) is 0 Å². The molecule has 1 aromatic rings. The van der Waals surface area contributed by atoms with Crippen LogP contribution in [0, 0.1) is 5.41 Å². The number of benzene rings is 1. The highest BCUT2D eigenvalue weighted by Gasteiger charge is 2.43. The fraction of sp³-hybridized carbons (Fsp3) is 0.417. The van der Waals surface area contributed by atoms with Gasteiger partial charge in [0, 0.05) is 29.1 Å². The summed E-state index contributed by atoms with van der Waals surface area (Å²) in [5.74, 6) is -0.00457. The molecule has 1 aliphatic rings. The van der Waals surface area contributed by atoms with Crippen LogP contribution in [-0.4, -0.2) is 18.2 Å². The van der Waals surface area contributed by atoms with Crippen LogP contribution in [0.3, 0.4) is 0 Å². The smallest absolute Gasteiger partial charge is 0.277 e. The standard InChI is InChI=1S/C12H12ClF2NO/c1-12(11(14)15)5-7(6-16)9-3-2-8(13)4-10(9)17-12/h2-4,6-7,11,16H,5H2,1H3. The number of hydrogen-bond donors (Lipinski definition) is 1. The molecular weight excluding hydrogens is 248 g/mol. The van der Waals surface area contributed by atoms with E-state index < -0.39 is 12.0 Å². The molecule has 17 heavy (non-hydrogen) atoms. The van der Waals surface area contributed by atoms with Gasteiger partial charge in [-0.15, -0.1) is 0 Å². The van der Waals surface area contributed by atoms with E-state index in [1.165, 1.54) is 19.2 Å². The van der Waals surface area contributed by atoms with Crippen molar-refractivity contribution < 1.29 is 13.5 Å². The Hall–Kier alpha value is -1.16. The maximum atomic E-state index is 13.0. The van der Waals surface area contributed by atoms with Crippen LogP contribution >= 0.6 is 11.6 Å². The van der Waals surface area contributed by atoms with E-state index in [0.717, 1.165) is 5.56 Å². The normalized spacial score (nSPS) is 27.5. The lowest BCUT2D eigenvalue weighted by molar-refractivity contribution is -0.0771. The molecule has 0 saturated heterocycles. The fourth-order valence-electron chi connectivity index (χ4n) is 2.02. The Kier molecular flexibility index (Phi) is 3.08. The Morgan fingerprint density at radius 1 is 1.59 bits per heavy atom. The molecule has 0 saturated carbocycles. The van der Waals surface area contributed by atoms with Crippen LogP contribution in [0.25, 0.3) is 0 Å². The minimum Gasteiger partial charge on any atom is -0.481 e. The molecule has 0 aromatic heterocycles. The van der Waals surface area contributed by atoms with E-state index in [2.05, 4.69) is 0 Å². The van der Waals surface area contributed by atoms with Crippen molar-refractivity contribution in [3.63, 3.8) is 0 Å². The van der Waals surface area contributed by atoms with Gasteiger partial charge in [-0.1, -0.05) is 17.7 Å². The summed E-state index contributed by atoms with van der Waals surface area (Å²) < 4.78 is 31.3. The van der Waals surface area contributed by atoms with E-state index in [0.29, 0.717) is 10.8 Å². The van der Waals surface area contributed by atoms with Gasteiger partial charge in [0.1, 0.15) is 5.75 Å². The van der Waals surface area contributed by atoms with Crippen LogP contribution in [0.4, 0.5) is 8.78 Å². The summed E-state index contributed by atoms with van der Waals surface area (Å²) in [6, 6.07) is 4.91. The highest BCUT2D eigenvalue weighted by atomic mass is 35.5. The summed E-state index contributed by atoms with van der Waals surface area (Å²) in [5, 5.41) is 7.78. The first kappa shape index (κ1) is 12.3. The second kappa shape index (κ2) is 4.26. The third-order valence-corrected chi connectivity index (χ3v) is 3.24. The second-order valence-electron chi connectivity index (χ2n) is 4.37. The topological polar surface area (TPSA) is 33.1 Å². The lowest BCUT2D eigenvalue weighted by Crippen LogP contribution is -2.44. The first-order chi connectivity index (χ1) is 7.96. The number of fused-ring (bicyclic) bond motifs is 1. The summed E-state index contributed by atoms with van der Waals surface area (Å²) in [5.41, 5.74) is -0.817.